The largest absolute Gasteiger partial charge is 0.487 e. The van der Waals surface area contributed by atoms with E-state index in [0.717, 1.165) is 12.2 Å². The number of rotatable bonds is 1. The normalized spacial score (nSPS) is 26.3. The standard InChI is InChI=1S/C15H21NO/c1-16-13-11-15(9-5-2-6-10-15)17-14-8-4-3-7-12(13)14/h3-4,7-8,13,16H,2,5-6,9-11H2,1H3. The van der Waals surface area contributed by atoms with Gasteiger partial charge in [-0.1, -0.05) is 24.6 Å². The molecule has 1 spiro atoms. The summed E-state index contributed by atoms with van der Waals surface area (Å²) in [5.74, 6) is 1.10. The van der Waals surface area contributed by atoms with Crippen molar-refractivity contribution < 1.29 is 4.74 Å². The van der Waals surface area contributed by atoms with Gasteiger partial charge in [0, 0.05) is 18.0 Å². The molecule has 0 saturated heterocycles. The van der Waals surface area contributed by atoms with Crippen molar-refractivity contribution in [1.82, 2.24) is 5.32 Å². The Labute approximate surface area is 103 Å². The number of fused-ring (bicyclic) bond motifs is 1. The summed E-state index contributed by atoms with van der Waals surface area (Å²) >= 11 is 0. The molecule has 1 N–H and O–H groups in total. The van der Waals surface area contributed by atoms with Gasteiger partial charge < -0.3 is 10.1 Å². The lowest BCUT2D eigenvalue weighted by Gasteiger charge is -2.44. The Morgan fingerprint density at radius 1 is 1.18 bits per heavy atom. The fraction of sp³-hybridized carbons (Fsp3) is 0.600. The molecule has 1 aliphatic carbocycles. The van der Waals surface area contributed by atoms with Crippen molar-refractivity contribution in [3.8, 4) is 5.75 Å². The van der Waals surface area contributed by atoms with Gasteiger partial charge >= 0.3 is 0 Å². The summed E-state index contributed by atoms with van der Waals surface area (Å²) in [5.41, 5.74) is 1.44. The lowest BCUT2D eigenvalue weighted by molar-refractivity contribution is -0.00174. The molecule has 1 aromatic carbocycles. The van der Waals surface area contributed by atoms with Crippen LogP contribution >= 0.6 is 0 Å². The molecule has 1 atom stereocenters. The van der Waals surface area contributed by atoms with Gasteiger partial charge in [-0.15, -0.1) is 0 Å². The van der Waals surface area contributed by atoms with E-state index in [4.69, 9.17) is 4.74 Å². The van der Waals surface area contributed by atoms with Crippen molar-refractivity contribution in [1.29, 1.82) is 0 Å². The van der Waals surface area contributed by atoms with Crippen LogP contribution in [0.3, 0.4) is 0 Å². The molecular formula is C15H21NO. The van der Waals surface area contributed by atoms with Crippen molar-refractivity contribution >= 4 is 0 Å². The summed E-state index contributed by atoms with van der Waals surface area (Å²) in [7, 11) is 2.06. The predicted octanol–water partition coefficient (Wildman–Crippen LogP) is 3.43. The maximum Gasteiger partial charge on any atom is 0.124 e. The summed E-state index contributed by atoms with van der Waals surface area (Å²) in [4.78, 5) is 0. The highest BCUT2D eigenvalue weighted by Crippen LogP contribution is 2.45. The van der Waals surface area contributed by atoms with Gasteiger partial charge in [-0.05, 0) is 38.8 Å². The van der Waals surface area contributed by atoms with Crippen molar-refractivity contribution in [3.05, 3.63) is 29.8 Å². The van der Waals surface area contributed by atoms with Gasteiger partial charge in [-0.25, -0.2) is 0 Å². The van der Waals surface area contributed by atoms with E-state index in [1.807, 2.05) is 0 Å². The van der Waals surface area contributed by atoms with Crippen LogP contribution in [0.25, 0.3) is 0 Å². The van der Waals surface area contributed by atoms with Gasteiger partial charge in [0.1, 0.15) is 11.4 Å². The van der Waals surface area contributed by atoms with E-state index >= 15 is 0 Å². The first-order valence-corrected chi connectivity index (χ1v) is 6.78. The Bertz CT molecular complexity index is 396. The molecule has 2 aliphatic rings. The molecule has 2 nitrogen and oxygen atoms in total. The smallest absolute Gasteiger partial charge is 0.124 e. The number of hydrogen-bond acceptors (Lipinski definition) is 2. The van der Waals surface area contributed by atoms with Crippen LogP contribution < -0.4 is 10.1 Å². The highest BCUT2D eigenvalue weighted by atomic mass is 16.5. The second-order valence-electron chi connectivity index (χ2n) is 5.43. The molecule has 0 bridgehead atoms. The third-order valence-corrected chi connectivity index (χ3v) is 4.31. The molecule has 1 saturated carbocycles. The van der Waals surface area contributed by atoms with Crippen LogP contribution in [0.1, 0.15) is 50.1 Å². The summed E-state index contributed by atoms with van der Waals surface area (Å²) in [6.45, 7) is 0. The van der Waals surface area contributed by atoms with Crippen LogP contribution in [0.2, 0.25) is 0 Å². The Hall–Kier alpha value is -1.02. The minimum atomic E-state index is 0.111. The Kier molecular flexibility index (Phi) is 2.83. The summed E-state index contributed by atoms with van der Waals surface area (Å²) < 4.78 is 6.35. The summed E-state index contributed by atoms with van der Waals surface area (Å²) in [6.07, 6.45) is 7.58. The summed E-state index contributed by atoms with van der Waals surface area (Å²) in [6, 6.07) is 8.94. The van der Waals surface area contributed by atoms with E-state index in [1.165, 1.54) is 37.7 Å². The van der Waals surface area contributed by atoms with E-state index in [1.54, 1.807) is 0 Å². The first-order valence-electron chi connectivity index (χ1n) is 6.78. The molecule has 1 aromatic rings. The zero-order valence-corrected chi connectivity index (χ0v) is 10.5. The Morgan fingerprint density at radius 3 is 2.71 bits per heavy atom. The van der Waals surface area contributed by atoms with E-state index in [0.29, 0.717) is 6.04 Å². The Balaban J connectivity index is 1.94. The maximum absolute atomic E-state index is 6.35. The number of benzene rings is 1. The van der Waals surface area contributed by atoms with Crippen molar-refractivity contribution in [2.75, 3.05) is 7.05 Å². The quantitative estimate of drug-likeness (QED) is 0.799. The second kappa shape index (κ2) is 4.34. The highest BCUT2D eigenvalue weighted by Gasteiger charge is 2.41. The zero-order valence-electron chi connectivity index (χ0n) is 10.5. The van der Waals surface area contributed by atoms with Gasteiger partial charge in [0.05, 0.1) is 0 Å². The summed E-state index contributed by atoms with van der Waals surface area (Å²) in [5, 5.41) is 3.45. The van der Waals surface area contributed by atoms with E-state index in [2.05, 4.69) is 36.6 Å². The fourth-order valence-corrected chi connectivity index (χ4v) is 3.38. The van der Waals surface area contributed by atoms with Crippen LogP contribution in [0, 0.1) is 0 Å². The molecule has 2 heteroatoms. The van der Waals surface area contributed by atoms with Gasteiger partial charge in [-0.3, -0.25) is 0 Å². The van der Waals surface area contributed by atoms with Crippen LogP contribution in [0.15, 0.2) is 24.3 Å². The molecule has 1 heterocycles. The van der Waals surface area contributed by atoms with Gasteiger partial charge in [0.15, 0.2) is 0 Å². The van der Waals surface area contributed by atoms with E-state index in [-0.39, 0.29) is 5.60 Å². The Morgan fingerprint density at radius 2 is 1.94 bits per heavy atom. The molecule has 3 rings (SSSR count). The molecule has 0 radical (unpaired) electrons. The molecule has 0 amide bonds. The van der Waals surface area contributed by atoms with Crippen LogP contribution in [-0.4, -0.2) is 12.6 Å². The zero-order chi connectivity index (χ0) is 11.7. The minimum Gasteiger partial charge on any atom is -0.487 e. The van der Waals surface area contributed by atoms with Crippen molar-refractivity contribution in [2.24, 2.45) is 0 Å². The average Bonchev–Trinajstić information content (AvgIpc) is 2.38. The number of nitrogens with one attached hydrogen (secondary N) is 1. The monoisotopic (exact) mass is 231 g/mol. The minimum absolute atomic E-state index is 0.111. The van der Waals surface area contributed by atoms with Crippen LogP contribution in [-0.2, 0) is 0 Å². The van der Waals surface area contributed by atoms with E-state index < -0.39 is 0 Å². The predicted molar refractivity (Wildman–Crippen MR) is 69.3 cm³/mol. The fourth-order valence-electron chi connectivity index (χ4n) is 3.38. The van der Waals surface area contributed by atoms with Crippen LogP contribution in [0.5, 0.6) is 5.75 Å². The lowest BCUT2D eigenvalue weighted by Crippen LogP contribution is -2.44. The van der Waals surface area contributed by atoms with Gasteiger partial charge in [0.25, 0.3) is 0 Å². The number of hydrogen-bond donors (Lipinski definition) is 1. The average molecular weight is 231 g/mol. The topological polar surface area (TPSA) is 21.3 Å². The molecule has 17 heavy (non-hydrogen) atoms. The van der Waals surface area contributed by atoms with Gasteiger partial charge in [-0.2, -0.15) is 0 Å². The first kappa shape index (κ1) is 11.1. The molecule has 0 aromatic heterocycles. The third kappa shape index (κ3) is 1.95. The number of ether oxygens (including phenoxy) is 1. The van der Waals surface area contributed by atoms with Crippen LogP contribution in [0.4, 0.5) is 0 Å². The first-order chi connectivity index (χ1) is 8.33. The number of para-hydroxylation sites is 1. The highest BCUT2D eigenvalue weighted by molar-refractivity contribution is 5.39. The second-order valence-corrected chi connectivity index (χ2v) is 5.43. The molecular weight excluding hydrogens is 210 g/mol. The van der Waals surface area contributed by atoms with Crippen molar-refractivity contribution in [2.45, 2.75) is 50.2 Å². The molecule has 1 aliphatic heterocycles. The maximum atomic E-state index is 6.35. The lowest BCUT2D eigenvalue weighted by atomic mass is 9.77. The van der Waals surface area contributed by atoms with E-state index in [9.17, 15) is 0 Å². The molecule has 1 unspecified atom stereocenters. The van der Waals surface area contributed by atoms with Crippen molar-refractivity contribution in [3.63, 3.8) is 0 Å². The third-order valence-electron chi connectivity index (χ3n) is 4.31. The molecule has 1 fully saturated rings. The molecule has 92 valence electrons. The van der Waals surface area contributed by atoms with Gasteiger partial charge in [0.2, 0.25) is 0 Å². The SMILES string of the molecule is CNC1CC2(CCCCC2)Oc2ccccc21.